The van der Waals surface area contributed by atoms with Gasteiger partial charge in [-0.05, 0) is 61.7 Å². The van der Waals surface area contributed by atoms with Crippen molar-refractivity contribution in [3.8, 4) is 5.75 Å². The highest BCUT2D eigenvalue weighted by Gasteiger charge is 2.18. The van der Waals surface area contributed by atoms with E-state index >= 15 is 0 Å². The second kappa shape index (κ2) is 8.99. The SMILES string of the molecule is Cc1cc(C)cc(OCC(=O)OC(C)C(=O)NCc2ccc(F)cc2)c1. The lowest BCUT2D eigenvalue weighted by atomic mass is 10.1. The van der Waals surface area contributed by atoms with Gasteiger partial charge in [0.1, 0.15) is 11.6 Å². The van der Waals surface area contributed by atoms with E-state index in [0.29, 0.717) is 5.75 Å². The molecule has 0 saturated carbocycles. The first kappa shape index (κ1) is 19.4. The minimum atomic E-state index is -0.953. The van der Waals surface area contributed by atoms with Gasteiger partial charge in [-0.2, -0.15) is 0 Å². The molecule has 0 bridgehead atoms. The molecular formula is C20H22FNO4. The first-order chi connectivity index (χ1) is 12.3. The van der Waals surface area contributed by atoms with Gasteiger partial charge < -0.3 is 14.8 Å². The van der Waals surface area contributed by atoms with Gasteiger partial charge in [0.25, 0.3) is 5.91 Å². The van der Waals surface area contributed by atoms with Crippen molar-refractivity contribution < 1.29 is 23.5 Å². The summed E-state index contributed by atoms with van der Waals surface area (Å²) in [6.45, 7) is 5.30. The largest absolute Gasteiger partial charge is 0.482 e. The predicted molar refractivity (Wildman–Crippen MR) is 95.2 cm³/mol. The fraction of sp³-hybridized carbons (Fsp3) is 0.300. The highest BCUT2D eigenvalue weighted by atomic mass is 19.1. The maximum atomic E-state index is 12.8. The van der Waals surface area contributed by atoms with Gasteiger partial charge in [0.2, 0.25) is 0 Å². The number of aryl methyl sites for hydroxylation is 2. The van der Waals surface area contributed by atoms with Gasteiger partial charge in [0, 0.05) is 6.54 Å². The van der Waals surface area contributed by atoms with Gasteiger partial charge in [-0.3, -0.25) is 4.79 Å². The van der Waals surface area contributed by atoms with Crippen LogP contribution in [0.3, 0.4) is 0 Å². The number of hydrogen-bond donors (Lipinski definition) is 1. The van der Waals surface area contributed by atoms with Gasteiger partial charge in [-0.15, -0.1) is 0 Å². The molecule has 0 fully saturated rings. The van der Waals surface area contributed by atoms with Crippen molar-refractivity contribution in [1.82, 2.24) is 5.32 Å². The Kier molecular flexibility index (Phi) is 6.72. The molecule has 0 aromatic heterocycles. The molecule has 0 radical (unpaired) electrons. The summed E-state index contributed by atoms with van der Waals surface area (Å²) in [6.07, 6.45) is -0.953. The molecule has 0 spiro atoms. The molecule has 0 saturated heterocycles. The van der Waals surface area contributed by atoms with E-state index in [1.54, 1.807) is 12.1 Å². The third-order valence-corrected chi connectivity index (χ3v) is 3.61. The third kappa shape index (κ3) is 6.20. The Labute approximate surface area is 152 Å². The Balaban J connectivity index is 1.76. The average Bonchev–Trinajstić information content (AvgIpc) is 2.58. The minimum Gasteiger partial charge on any atom is -0.482 e. The number of ether oxygens (including phenoxy) is 2. The third-order valence-electron chi connectivity index (χ3n) is 3.61. The van der Waals surface area contributed by atoms with Crippen LogP contribution in [0.5, 0.6) is 5.75 Å². The second-order valence-electron chi connectivity index (χ2n) is 6.09. The van der Waals surface area contributed by atoms with Crippen molar-refractivity contribution in [2.75, 3.05) is 6.61 Å². The molecule has 0 heterocycles. The normalized spacial score (nSPS) is 11.5. The fourth-order valence-electron chi connectivity index (χ4n) is 2.38. The molecule has 1 unspecified atom stereocenters. The molecule has 2 aromatic carbocycles. The van der Waals surface area contributed by atoms with Crippen molar-refractivity contribution in [3.05, 3.63) is 65.0 Å². The molecule has 2 rings (SSSR count). The zero-order valence-corrected chi connectivity index (χ0v) is 15.0. The summed E-state index contributed by atoms with van der Waals surface area (Å²) in [5, 5.41) is 2.63. The highest BCUT2D eigenvalue weighted by Crippen LogP contribution is 2.16. The Morgan fingerprint density at radius 3 is 2.31 bits per heavy atom. The van der Waals surface area contributed by atoms with Crippen molar-refractivity contribution in [3.63, 3.8) is 0 Å². The van der Waals surface area contributed by atoms with Crippen molar-refractivity contribution in [2.24, 2.45) is 0 Å². The van der Waals surface area contributed by atoms with Crippen molar-refractivity contribution in [1.29, 1.82) is 0 Å². The maximum Gasteiger partial charge on any atom is 0.344 e. The molecule has 0 aliphatic heterocycles. The average molecular weight is 359 g/mol. The molecule has 0 aliphatic carbocycles. The van der Waals surface area contributed by atoms with Crippen LogP contribution in [0, 0.1) is 19.7 Å². The molecule has 0 aliphatic rings. The van der Waals surface area contributed by atoms with Crippen LogP contribution in [0.25, 0.3) is 0 Å². The van der Waals surface area contributed by atoms with E-state index in [0.717, 1.165) is 16.7 Å². The first-order valence-electron chi connectivity index (χ1n) is 8.26. The smallest absolute Gasteiger partial charge is 0.344 e. The Morgan fingerprint density at radius 2 is 1.69 bits per heavy atom. The molecule has 1 atom stereocenters. The zero-order chi connectivity index (χ0) is 19.1. The zero-order valence-electron chi connectivity index (χ0n) is 15.0. The number of amides is 1. The van der Waals surface area contributed by atoms with Crippen molar-refractivity contribution in [2.45, 2.75) is 33.4 Å². The molecule has 138 valence electrons. The van der Waals surface area contributed by atoms with Gasteiger partial charge in [-0.1, -0.05) is 18.2 Å². The summed E-state index contributed by atoms with van der Waals surface area (Å²) < 4.78 is 23.3. The minimum absolute atomic E-state index is 0.222. The maximum absolute atomic E-state index is 12.8. The van der Waals surface area contributed by atoms with Crippen LogP contribution in [0.4, 0.5) is 4.39 Å². The van der Waals surface area contributed by atoms with Crippen LogP contribution in [-0.2, 0) is 20.9 Å². The molecular weight excluding hydrogens is 337 g/mol. The van der Waals surface area contributed by atoms with E-state index in [-0.39, 0.29) is 19.0 Å². The summed E-state index contributed by atoms with van der Waals surface area (Å²) >= 11 is 0. The van der Waals surface area contributed by atoms with E-state index in [2.05, 4.69) is 5.32 Å². The Bertz CT molecular complexity index is 754. The first-order valence-corrected chi connectivity index (χ1v) is 8.26. The van der Waals surface area contributed by atoms with E-state index in [1.165, 1.54) is 19.1 Å². The summed E-state index contributed by atoms with van der Waals surface area (Å²) in [5.74, 6) is -0.832. The molecule has 26 heavy (non-hydrogen) atoms. The highest BCUT2D eigenvalue weighted by molar-refractivity contribution is 5.83. The summed E-state index contributed by atoms with van der Waals surface area (Å²) in [6, 6.07) is 11.4. The van der Waals surface area contributed by atoms with Gasteiger partial charge in [-0.25, -0.2) is 9.18 Å². The molecule has 5 nitrogen and oxygen atoms in total. The predicted octanol–water partition coefficient (Wildman–Crippen LogP) is 3.07. The van der Waals surface area contributed by atoms with Crippen molar-refractivity contribution >= 4 is 11.9 Å². The van der Waals surface area contributed by atoms with Crippen LogP contribution in [0.2, 0.25) is 0 Å². The number of rotatable bonds is 7. The molecule has 2 aromatic rings. The van der Waals surface area contributed by atoms with Gasteiger partial charge in [0.15, 0.2) is 12.7 Å². The fourth-order valence-corrected chi connectivity index (χ4v) is 2.38. The van der Waals surface area contributed by atoms with E-state index in [9.17, 15) is 14.0 Å². The monoisotopic (exact) mass is 359 g/mol. The number of halogens is 1. The number of benzene rings is 2. The molecule has 6 heteroatoms. The lowest BCUT2D eigenvalue weighted by molar-refractivity contribution is -0.156. The van der Waals surface area contributed by atoms with Gasteiger partial charge >= 0.3 is 5.97 Å². The Morgan fingerprint density at radius 1 is 1.08 bits per heavy atom. The number of nitrogens with one attached hydrogen (secondary N) is 1. The topological polar surface area (TPSA) is 64.6 Å². The summed E-state index contributed by atoms with van der Waals surface area (Å²) in [5.41, 5.74) is 2.81. The number of carbonyl (C=O) groups excluding carboxylic acids is 2. The number of esters is 1. The van der Waals surface area contributed by atoms with Gasteiger partial charge in [0.05, 0.1) is 0 Å². The summed E-state index contributed by atoms with van der Waals surface area (Å²) in [4.78, 5) is 23.8. The lowest BCUT2D eigenvalue weighted by Crippen LogP contribution is -2.36. The standard InChI is InChI=1S/C20H22FNO4/c1-13-8-14(2)10-18(9-13)25-12-19(23)26-15(3)20(24)22-11-16-4-6-17(21)7-5-16/h4-10,15H,11-12H2,1-3H3,(H,22,24). The van der Waals surface area contributed by atoms with Crippen LogP contribution >= 0.6 is 0 Å². The second-order valence-corrected chi connectivity index (χ2v) is 6.09. The van der Waals surface area contributed by atoms with Crippen LogP contribution in [0.1, 0.15) is 23.6 Å². The van der Waals surface area contributed by atoms with Crippen LogP contribution in [0.15, 0.2) is 42.5 Å². The van der Waals surface area contributed by atoms with Crippen LogP contribution < -0.4 is 10.1 Å². The number of carbonyl (C=O) groups is 2. The van der Waals surface area contributed by atoms with E-state index in [4.69, 9.17) is 9.47 Å². The van der Waals surface area contributed by atoms with E-state index < -0.39 is 18.0 Å². The summed E-state index contributed by atoms with van der Waals surface area (Å²) in [7, 11) is 0. The lowest BCUT2D eigenvalue weighted by Gasteiger charge is -2.14. The molecule has 1 N–H and O–H groups in total. The number of hydrogen-bond acceptors (Lipinski definition) is 4. The van der Waals surface area contributed by atoms with Crippen LogP contribution in [-0.4, -0.2) is 24.6 Å². The molecule has 1 amide bonds. The van der Waals surface area contributed by atoms with E-state index in [1.807, 2.05) is 32.0 Å². The Hall–Kier alpha value is -2.89. The quantitative estimate of drug-likeness (QED) is 0.772.